The van der Waals surface area contributed by atoms with Crippen molar-refractivity contribution >= 4 is 28.9 Å². The Bertz CT molecular complexity index is 1020. The second-order valence-corrected chi connectivity index (χ2v) is 6.85. The minimum Gasteiger partial charge on any atom is -0.453 e. The van der Waals surface area contributed by atoms with Crippen molar-refractivity contribution in [3.63, 3.8) is 0 Å². The van der Waals surface area contributed by atoms with E-state index in [-0.39, 0.29) is 18.5 Å². The molecule has 1 amide bonds. The van der Waals surface area contributed by atoms with Gasteiger partial charge in [0.1, 0.15) is 17.5 Å². The van der Waals surface area contributed by atoms with Crippen molar-refractivity contribution < 1.29 is 9.53 Å². The van der Waals surface area contributed by atoms with Gasteiger partial charge in [0, 0.05) is 42.4 Å². The molecule has 2 aromatic heterocycles. The van der Waals surface area contributed by atoms with E-state index in [1.165, 1.54) is 0 Å². The molecule has 0 saturated carbocycles. The van der Waals surface area contributed by atoms with Gasteiger partial charge in [0.05, 0.1) is 0 Å². The second-order valence-electron chi connectivity index (χ2n) is 6.85. The molecule has 0 fully saturated rings. The first-order chi connectivity index (χ1) is 15.0. The van der Waals surface area contributed by atoms with Gasteiger partial charge in [0.25, 0.3) is 5.91 Å². The van der Waals surface area contributed by atoms with Gasteiger partial charge >= 0.3 is 6.01 Å². The van der Waals surface area contributed by atoms with Crippen molar-refractivity contribution in [3.05, 3.63) is 54.1 Å². The minimum atomic E-state index is -0.291. The summed E-state index contributed by atoms with van der Waals surface area (Å²) in [7, 11) is 0. The summed E-state index contributed by atoms with van der Waals surface area (Å²) < 4.78 is 5.32. The molecule has 0 aliphatic heterocycles. The molecule has 162 valence electrons. The highest BCUT2D eigenvalue weighted by molar-refractivity contribution is 5.92. The number of aryl methyl sites for hydroxylation is 2. The highest BCUT2D eigenvalue weighted by Crippen LogP contribution is 2.21. The van der Waals surface area contributed by atoms with Crippen LogP contribution in [0.15, 0.2) is 42.6 Å². The van der Waals surface area contributed by atoms with E-state index in [1.807, 2.05) is 44.2 Å². The number of rotatable bonds is 9. The van der Waals surface area contributed by atoms with Gasteiger partial charge < -0.3 is 20.3 Å². The maximum Gasteiger partial charge on any atom is 0.317 e. The normalized spacial score (nSPS) is 10.5. The Balaban J connectivity index is 1.58. The van der Waals surface area contributed by atoms with Gasteiger partial charge in [-0.3, -0.25) is 4.79 Å². The monoisotopic (exact) mass is 421 g/mol. The first-order valence-electron chi connectivity index (χ1n) is 10.2. The van der Waals surface area contributed by atoms with Crippen LogP contribution in [0.1, 0.15) is 25.4 Å². The summed E-state index contributed by atoms with van der Waals surface area (Å²) in [6, 6.07) is 11.2. The molecule has 9 heteroatoms. The van der Waals surface area contributed by atoms with Crippen molar-refractivity contribution in [3.8, 4) is 6.01 Å². The lowest BCUT2D eigenvalue weighted by molar-refractivity contribution is -0.118. The van der Waals surface area contributed by atoms with Crippen LogP contribution in [0.2, 0.25) is 0 Å². The molecule has 3 aromatic rings. The van der Waals surface area contributed by atoms with Gasteiger partial charge in [-0.2, -0.15) is 0 Å². The van der Waals surface area contributed by atoms with E-state index in [1.54, 1.807) is 12.3 Å². The predicted molar refractivity (Wildman–Crippen MR) is 121 cm³/mol. The molecule has 0 aliphatic rings. The maximum absolute atomic E-state index is 12.1. The van der Waals surface area contributed by atoms with Crippen LogP contribution in [0.3, 0.4) is 0 Å². The third kappa shape index (κ3) is 6.36. The van der Waals surface area contributed by atoms with Gasteiger partial charge in [-0.15, -0.1) is 0 Å². The summed E-state index contributed by atoms with van der Waals surface area (Å²) in [6.07, 6.45) is 1.59. The standard InChI is InChI=1S/C22H27N7O2/c1-5-29(6-2)20-13-19(25-16(4)26-20)27-17-7-9-18(10-8-17)28-21(30)14-31-22-23-12-11-15(3)24-22/h7-13H,5-6,14H2,1-4H3,(H,28,30)(H,25,26,27). The molecule has 2 N–H and O–H groups in total. The maximum atomic E-state index is 12.1. The number of benzene rings is 1. The number of nitrogens with zero attached hydrogens (tertiary/aromatic N) is 5. The average Bonchev–Trinajstić information content (AvgIpc) is 2.74. The van der Waals surface area contributed by atoms with Crippen LogP contribution in [-0.2, 0) is 4.79 Å². The Kier molecular flexibility index (Phi) is 7.31. The van der Waals surface area contributed by atoms with Gasteiger partial charge in [0.15, 0.2) is 6.61 Å². The molecule has 1 aromatic carbocycles. The number of amides is 1. The highest BCUT2D eigenvalue weighted by Gasteiger charge is 2.09. The summed E-state index contributed by atoms with van der Waals surface area (Å²) in [6.45, 7) is 9.48. The van der Waals surface area contributed by atoms with Crippen LogP contribution in [0.25, 0.3) is 0 Å². The first kappa shape index (κ1) is 21.9. The zero-order chi connectivity index (χ0) is 22.2. The number of ether oxygens (including phenoxy) is 1. The SMILES string of the molecule is CCN(CC)c1cc(Nc2ccc(NC(=O)COc3nccc(C)n3)cc2)nc(C)n1. The zero-order valence-corrected chi connectivity index (χ0v) is 18.2. The second kappa shape index (κ2) is 10.3. The lowest BCUT2D eigenvalue weighted by Crippen LogP contribution is -2.23. The quantitative estimate of drug-likeness (QED) is 0.541. The summed E-state index contributed by atoms with van der Waals surface area (Å²) in [5.74, 6) is 2.02. The van der Waals surface area contributed by atoms with E-state index >= 15 is 0 Å². The summed E-state index contributed by atoms with van der Waals surface area (Å²) in [5.41, 5.74) is 2.29. The molecule has 0 aliphatic carbocycles. The first-order valence-corrected chi connectivity index (χ1v) is 10.2. The molecule has 0 bridgehead atoms. The molecule has 31 heavy (non-hydrogen) atoms. The number of hydrogen-bond acceptors (Lipinski definition) is 8. The third-order valence-corrected chi connectivity index (χ3v) is 4.46. The zero-order valence-electron chi connectivity index (χ0n) is 18.2. The third-order valence-electron chi connectivity index (χ3n) is 4.46. The lowest BCUT2D eigenvalue weighted by atomic mass is 10.2. The van der Waals surface area contributed by atoms with Crippen molar-refractivity contribution in [2.75, 3.05) is 35.2 Å². The minimum absolute atomic E-state index is 0.169. The number of carbonyl (C=O) groups is 1. The lowest BCUT2D eigenvalue weighted by Gasteiger charge is -2.20. The molecular formula is C22H27N7O2. The predicted octanol–water partition coefficient (Wildman–Crippen LogP) is 3.49. The molecule has 0 unspecified atom stereocenters. The molecular weight excluding hydrogens is 394 g/mol. The van der Waals surface area contributed by atoms with E-state index in [2.05, 4.69) is 49.3 Å². The number of nitrogens with one attached hydrogen (secondary N) is 2. The van der Waals surface area contributed by atoms with E-state index in [4.69, 9.17) is 4.74 Å². The van der Waals surface area contributed by atoms with Gasteiger partial charge in [-0.25, -0.2) is 19.9 Å². The van der Waals surface area contributed by atoms with E-state index in [9.17, 15) is 4.79 Å². The summed E-state index contributed by atoms with van der Waals surface area (Å²) >= 11 is 0. The van der Waals surface area contributed by atoms with Crippen molar-refractivity contribution in [2.24, 2.45) is 0 Å². The highest BCUT2D eigenvalue weighted by atomic mass is 16.5. The van der Waals surface area contributed by atoms with Gasteiger partial charge in [-0.1, -0.05) is 0 Å². The Morgan fingerprint density at radius 3 is 2.39 bits per heavy atom. The fourth-order valence-corrected chi connectivity index (χ4v) is 2.93. The van der Waals surface area contributed by atoms with Gasteiger partial charge in [0.2, 0.25) is 0 Å². The Morgan fingerprint density at radius 2 is 1.71 bits per heavy atom. The van der Waals surface area contributed by atoms with Crippen molar-refractivity contribution in [1.82, 2.24) is 19.9 Å². The van der Waals surface area contributed by atoms with Crippen LogP contribution >= 0.6 is 0 Å². The summed E-state index contributed by atoms with van der Waals surface area (Å²) in [4.78, 5) is 31.3. The van der Waals surface area contributed by atoms with E-state index < -0.39 is 0 Å². The molecule has 3 rings (SSSR count). The van der Waals surface area contributed by atoms with Crippen molar-refractivity contribution in [2.45, 2.75) is 27.7 Å². The number of carbonyl (C=O) groups excluding carboxylic acids is 1. The molecule has 0 radical (unpaired) electrons. The fourth-order valence-electron chi connectivity index (χ4n) is 2.93. The fraction of sp³-hybridized carbons (Fsp3) is 0.318. The molecule has 0 atom stereocenters. The molecule has 0 saturated heterocycles. The largest absolute Gasteiger partial charge is 0.453 e. The van der Waals surface area contributed by atoms with Gasteiger partial charge in [-0.05, 0) is 58.0 Å². The number of aromatic nitrogens is 4. The van der Waals surface area contributed by atoms with E-state index in [0.29, 0.717) is 11.5 Å². The van der Waals surface area contributed by atoms with Crippen LogP contribution in [0, 0.1) is 13.8 Å². The smallest absolute Gasteiger partial charge is 0.317 e. The number of hydrogen-bond donors (Lipinski definition) is 2. The average molecular weight is 422 g/mol. The Hall–Kier alpha value is -3.75. The van der Waals surface area contributed by atoms with Crippen LogP contribution < -0.4 is 20.3 Å². The molecule has 2 heterocycles. The Labute approximate surface area is 181 Å². The number of anilines is 4. The summed E-state index contributed by atoms with van der Waals surface area (Å²) in [5, 5.41) is 6.08. The molecule has 0 spiro atoms. The van der Waals surface area contributed by atoms with E-state index in [0.717, 1.165) is 36.1 Å². The van der Waals surface area contributed by atoms with Crippen LogP contribution in [0.4, 0.5) is 23.0 Å². The van der Waals surface area contributed by atoms with Crippen LogP contribution in [0.5, 0.6) is 6.01 Å². The topological polar surface area (TPSA) is 105 Å². The molecule has 9 nitrogen and oxygen atoms in total. The van der Waals surface area contributed by atoms with Crippen molar-refractivity contribution in [1.29, 1.82) is 0 Å². The van der Waals surface area contributed by atoms with Crippen LogP contribution in [-0.4, -0.2) is 45.5 Å². The Morgan fingerprint density at radius 1 is 1.00 bits per heavy atom.